The van der Waals surface area contributed by atoms with Crippen molar-refractivity contribution in [1.82, 2.24) is 9.97 Å². The molecule has 0 fully saturated rings. The Labute approximate surface area is 85.6 Å². The van der Waals surface area contributed by atoms with Crippen molar-refractivity contribution in [3.63, 3.8) is 0 Å². The van der Waals surface area contributed by atoms with Crippen LogP contribution >= 0.6 is 0 Å². The van der Waals surface area contributed by atoms with Crippen molar-refractivity contribution in [1.29, 1.82) is 0 Å². The van der Waals surface area contributed by atoms with Crippen molar-refractivity contribution < 1.29 is 4.92 Å². The molecule has 0 aliphatic carbocycles. The van der Waals surface area contributed by atoms with Crippen LogP contribution in [0.25, 0.3) is 11.4 Å². The molecule has 0 aliphatic rings. The van der Waals surface area contributed by atoms with Crippen molar-refractivity contribution in [3.05, 3.63) is 52.8 Å². The third kappa shape index (κ3) is 1.80. The van der Waals surface area contributed by atoms with E-state index in [0.29, 0.717) is 11.4 Å². The molecule has 2 rings (SSSR count). The fraction of sp³-hybridized carbons (Fsp3) is 0. The van der Waals surface area contributed by atoms with Crippen molar-refractivity contribution in [3.8, 4) is 11.4 Å². The van der Waals surface area contributed by atoms with Gasteiger partial charge in [-0.2, -0.15) is 0 Å². The summed E-state index contributed by atoms with van der Waals surface area (Å²) in [4.78, 5) is 18.3. The predicted octanol–water partition coefficient (Wildman–Crippen LogP) is 2.05. The maximum atomic E-state index is 10.7. The average molecular weight is 201 g/mol. The molecule has 0 aliphatic heterocycles. The molecular formula is C10H7N3O2. The lowest BCUT2D eigenvalue weighted by Gasteiger charge is -1.99. The van der Waals surface area contributed by atoms with Gasteiger partial charge >= 0.3 is 0 Å². The van der Waals surface area contributed by atoms with Crippen LogP contribution in [0.15, 0.2) is 42.7 Å². The van der Waals surface area contributed by atoms with E-state index >= 15 is 0 Å². The second kappa shape index (κ2) is 3.83. The molecule has 0 spiro atoms. The molecule has 0 saturated heterocycles. The second-order valence-corrected chi connectivity index (χ2v) is 2.84. The summed E-state index contributed by atoms with van der Waals surface area (Å²) in [5, 5.41) is 10.7. The van der Waals surface area contributed by atoms with E-state index in [0.717, 1.165) is 0 Å². The molecule has 0 unspecified atom stereocenters. The van der Waals surface area contributed by atoms with Crippen LogP contribution in [0.1, 0.15) is 0 Å². The Balaban J connectivity index is 2.58. The molecule has 5 heteroatoms. The molecule has 2 heterocycles. The summed E-state index contributed by atoms with van der Waals surface area (Å²) >= 11 is 0. The number of nitrogens with zero attached hydrogens (tertiary/aromatic N) is 3. The van der Waals surface area contributed by atoms with Crippen LogP contribution in [0.2, 0.25) is 0 Å². The lowest BCUT2D eigenvalue weighted by atomic mass is 10.2. The summed E-state index contributed by atoms with van der Waals surface area (Å²) in [5.74, 6) is 0. The highest BCUT2D eigenvalue weighted by Gasteiger charge is 2.15. The Kier molecular flexibility index (Phi) is 2.37. The van der Waals surface area contributed by atoms with Crippen LogP contribution in [0, 0.1) is 10.1 Å². The zero-order valence-electron chi connectivity index (χ0n) is 7.70. The highest BCUT2D eigenvalue weighted by molar-refractivity contribution is 5.65. The molecule has 0 radical (unpaired) electrons. The van der Waals surface area contributed by atoms with Gasteiger partial charge in [-0.3, -0.25) is 15.1 Å². The van der Waals surface area contributed by atoms with E-state index in [-0.39, 0.29) is 5.69 Å². The Morgan fingerprint density at radius 1 is 1.07 bits per heavy atom. The zero-order valence-corrected chi connectivity index (χ0v) is 7.70. The molecule has 5 nitrogen and oxygen atoms in total. The van der Waals surface area contributed by atoms with Gasteiger partial charge in [-0.05, 0) is 18.2 Å². The molecule has 2 aromatic heterocycles. The summed E-state index contributed by atoms with van der Waals surface area (Å²) < 4.78 is 0. The van der Waals surface area contributed by atoms with Gasteiger partial charge < -0.3 is 0 Å². The molecule has 0 N–H and O–H groups in total. The van der Waals surface area contributed by atoms with Gasteiger partial charge in [-0.25, -0.2) is 4.98 Å². The molecule has 74 valence electrons. The van der Waals surface area contributed by atoms with E-state index in [1.165, 1.54) is 18.3 Å². The molecule has 15 heavy (non-hydrogen) atoms. The number of hydrogen-bond donors (Lipinski definition) is 0. The number of nitro groups is 1. The summed E-state index contributed by atoms with van der Waals surface area (Å²) in [6.07, 6.45) is 3.09. The van der Waals surface area contributed by atoms with Gasteiger partial charge in [-0.15, -0.1) is 0 Å². The number of hydrogen-bond acceptors (Lipinski definition) is 4. The Morgan fingerprint density at radius 3 is 2.53 bits per heavy atom. The van der Waals surface area contributed by atoms with Crippen molar-refractivity contribution >= 4 is 5.69 Å². The quantitative estimate of drug-likeness (QED) is 0.550. The third-order valence-electron chi connectivity index (χ3n) is 1.89. The highest BCUT2D eigenvalue weighted by atomic mass is 16.6. The third-order valence-corrected chi connectivity index (χ3v) is 1.89. The Morgan fingerprint density at radius 2 is 1.87 bits per heavy atom. The monoisotopic (exact) mass is 201 g/mol. The average Bonchev–Trinajstić information content (AvgIpc) is 2.30. The first-order chi connectivity index (χ1) is 7.29. The van der Waals surface area contributed by atoms with Crippen molar-refractivity contribution in [2.75, 3.05) is 0 Å². The summed E-state index contributed by atoms with van der Waals surface area (Å²) in [7, 11) is 0. The summed E-state index contributed by atoms with van der Waals surface area (Å²) in [5.41, 5.74) is 0.768. The normalized spacial score (nSPS) is 9.87. The number of rotatable bonds is 2. The minimum absolute atomic E-state index is 0.0313. The molecule has 0 amide bonds. The lowest BCUT2D eigenvalue weighted by molar-refractivity contribution is -0.384. The minimum Gasteiger partial charge on any atom is -0.258 e. The van der Waals surface area contributed by atoms with Crippen LogP contribution in [0.5, 0.6) is 0 Å². The molecule has 2 aromatic rings. The van der Waals surface area contributed by atoms with Crippen LogP contribution in [0.4, 0.5) is 5.69 Å². The van der Waals surface area contributed by atoms with Gasteiger partial charge in [0.1, 0.15) is 0 Å². The first-order valence-electron chi connectivity index (χ1n) is 4.30. The van der Waals surface area contributed by atoms with Crippen molar-refractivity contribution in [2.45, 2.75) is 0 Å². The lowest BCUT2D eigenvalue weighted by Crippen LogP contribution is -1.95. The van der Waals surface area contributed by atoms with Crippen LogP contribution in [-0.4, -0.2) is 14.9 Å². The van der Waals surface area contributed by atoms with E-state index in [1.54, 1.807) is 24.4 Å². The Bertz CT molecular complexity index is 485. The van der Waals surface area contributed by atoms with E-state index < -0.39 is 4.92 Å². The highest BCUT2D eigenvalue weighted by Crippen LogP contribution is 2.24. The van der Waals surface area contributed by atoms with E-state index in [4.69, 9.17) is 0 Å². The van der Waals surface area contributed by atoms with Crippen molar-refractivity contribution in [2.24, 2.45) is 0 Å². The zero-order chi connectivity index (χ0) is 10.7. The summed E-state index contributed by atoms with van der Waals surface area (Å²) in [6.45, 7) is 0. The largest absolute Gasteiger partial charge is 0.297 e. The molecule has 0 atom stereocenters. The maximum Gasteiger partial charge on any atom is 0.297 e. The van der Waals surface area contributed by atoms with Gasteiger partial charge in [0, 0.05) is 18.5 Å². The van der Waals surface area contributed by atoms with Gasteiger partial charge in [0.15, 0.2) is 5.69 Å². The predicted molar refractivity (Wildman–Crippen MR) is 54.1 cm³/mol. The summed E-state index contributed by atoms with van der Waals surface area (Å²) in [6, 6.07) is 8.15. The standard InChI is InChI=1S/C10H7N3O2/c14-13(15)9-5-3-7-12-10(9)8-4-1-2-6-11-8/h1-7H. The van der Waals surface area contributed by atoms with Crippen LogP contribution in [0.3, 0.4) is 0 Å². The second-order valence-electron chi connectivity index (χ2n) is 2.84. The Hall–Kier alpha value is -2.30. The van der Waals surface area contributed by atoms with Crippen LogP contribution in [-0.2, 0) is 0 Å². The van der Waals surface area contributed by atoms with Crippen LogP contribution < -0.4 is 0 Å². The minimum atomic E-state index is -0.461. The first-order valence-corrected chi connectivity index (χ1v) is 4.30. The van der Waals surface area contributed by atoms with Gasteiger partial charge in [0.2, 0.25) is 0 Å². The van der Waals surface area contributed by atoms with Gasteiger partial charge in [0.05, 0.1) is 10.6 Å². The van der Waals surface area contributed by atoms with E-state index in [9.17, 15) is 10.1 Å². The topological polar surface area (TPSA) is 68.9 Å². The number of pyridine rings is 2. The molecule has 0 saturated carbocycles. The van der Waals surface area contributed by atoms with E-state index in [1.807, 2.05) is 0 Å². The molecule has 0 aromatic carbocycles. The van der Waals surface area contributed by atoms with Gasteiger partial charge in [0.25, 0.3) is 5.69 Å². The first kappa shape index (κ1) is 9.26. The SMILES string of the molecule is O=[N+]([O-])c1cccnc1-c1ccccn1. The fourth-order valence-electron chi connectivity index (χ4n) is 1.24. The number of aromatic nitrogens is 2. The fourth-order valence-corrected chi connectivity index (χ4v) is 1.24. The molecule has 0 bridgehead atoms. The van der Waals surface area contributed by atoms with E-state index in [2.05, 4.69) is 9.97 Å². The smallest absolute Gasteiger partial charge is 0.258 e. The molecular weight excluding hydrogens is 194 g/mol. The van der Waals surface area contributed by atoms with Gasteiger partial charge in [-0.1, -0.05) is 6.07 Å². The maximum absolute atomic E-state index is 10.7.